The second-order valence-corrected chi connectivity index (χ2v) is 5.85. The third-order valence-corrected chi connectivity index (χ3v) is 4.04. The Kier molecular flexibility index (Phi) is 5.00. The summed E-state index contributed by atoms with van der Waals surface area (Å²) in [6.07, 6.45) is -0.762. The number of thiophene rings is 1. The fraction of sp³-hybridized carbons (Fsp3) is 0.214. The molecule has 4 nitrogen and oxygen atoms in total. The van der Waals surface area contributed by atoms with Crippen LogP contribution in [0.4, 0.5) is 0 Å². The average Bonchev–Trinajstić information content (AvgIpc) is 2.91. The molecule has 6 heteroatoms. The van der Waals surface area contributed by atoms with Gasteiger partial charge in [0.05, 0.1) is 11.4 Å². The molecule has 0 aliphatic heterocycles. The number of hydrogen-bond donors (Lipinski definition) is 2. The van der Waals surface area contributed by atoms with E-state index in [1.54, 1.807) is 43.5 Å². The molecule has 0 spiro atoms. The van der Waals surface area contributed by atoms with Gasteiger partial charge in [-0.15, -0.1) is 11.3 Å². The van der Waals surface area contributed by atoms with Crippen LogP contribution in [-0.4, -0.2) is 24.7 Å². The first kappa shape index (κ1) is 14.8. The zero-order valence-corrected chi connectivity index (χ0v) is 12.4. The maximum absolute atomic E-state index is 12.0. The summed E-state index contributed by atoms with van der Waals surface area (Å²) in [5.41, 5.74) is 0.487. The molecule has 0 saturated heterocycles. The summed E-state index contributed by atoms with van der Waals surface area (Å²) in [5, 5.41) is 12.6. The molecule has 0 saturated carbocycles. The number of aliphatic hydroxyl groups excluding tert-OH is 1. The van der Waals surface area contributed by atoms with Crippen LogP contribution in [0.3, 0.4) is 0 Å². The Labute approximate surface area is 126 Å². The van der Waals surface area contributed by atoms with Crippen LogP contribution in [0.25, 0.3) is 0 Å². The summed E-state index contributed by atoms with van der Waals surface area (Å²) in [4.78, 5) is 12.7. The van der Waals surface area contributed by atoms with Gasteiger partial charge in [0.25, 0.3) is 5.91 Å². The second-order valence-electron chi connectivity index (χ2n) is 4.10. The van der Waals surface area contributed by atoms with Crippen LogP contribution in [0.5, 0.6) is 5.75 Å². The molecule has 1 unspecified atom stereocenters. The predicted molar refractivity (Wildman–Crippen MR) is 79.6 cm³/mol. The van der Waals surface area contributed by atoms with Crippen LogP contribution >= 0.6 is 22.9 Å². The first-order valence-electron chi connectivity index (χ1n) is 5.95. The summed E-state index contributed by atoms with van der Waals surface area (Å²) in [6.45, 7) is 0.132. The molecule has 2 aromatic rings. The Balaban J connectivity index is 1.94. The van der Waals surface area contributed by atoms with Crippen LogP contribution in [0.2, 0.25) is 4.34 Å². The van der Waals surface area contributed by atoms with E-state index < -0.39 is 6.10 Å². The number of aliphatic hydroxyl groups is 1. The number of methoxy groups -OCH3 is 1. The molecule has 1 atom stereocenters. The molecular weight excluding hydrogens is 298 g/mol. The molecule has 2 N–H and O–H groups in total. The van der Waals surface area contributed by atoms with Crippen molar-refractivity contribution in [3.63, 3.8) is 0 Å². The molecule has 0 radical (unpaired) electrons. The van der Waals surface area contributed by atoms with Gasteiger partial charge in [-0.3, -0.25) is 4.79 Å². The lowest BCUT2D eigenvalue weighted by Gasteiger charge is -2.10. The Morgan fingerprint density at radius 2 is 2.25 bits per heavy atom. The smallest absolute Gasteiger partial charge is 0.251 e. The first-order valence-corrected chi connectivity index (χ1v) is 7.15. The van der Waals surface area contributed by atoms with Gasteiger partial charge < -0.3 is 15.2 Å². The van der Waals surface area contributed by atoms with Crippen molar-refractivity contribution in [3.8, 4) is 5.75 Å². The maximum Gasteiger partial charge on any atom is 0.251 e. The summed E-state index contributed by atoms with van der Waals surface area (Å²) in [5.74, 6) is 0.355. The number of halogens is 1. The van der Waals surface area contributed by atoms with Crippen LogP contribution in [-0.2, 0) is 0 Å². The van der Waals surface area contributed by atoms with Gasteiger partial charge in [0.1, 0.15) is 11.9 Å². The van der Waals surface area contributed by atoms with Crippen molar-refractivity contribution in [2.24, 2.45) is 0 Å². The molecule has 106 valence electrons. The van der Waals surface area contributed by atoms with E-state index in [1.165, 1.54) is 11.3 Å². The number of hydrogen-bond acceptors (Lipinski definition) is 4. The summed E-state index contributed by atoms with van der Waals surface area (Å²) in [7, 11) is 1.54. The van der Waals surface area contributed by atoms with Crippen LogP contribution in [0, 0.1) is 0 Å². The molecular formula is C14H14ClNO3S. The Bertz CT molecular complexity index is 600. The van der Waals surface area contributed by atoms with E-state index >= 15 is 0 Å². The monoisotopic (exact) mass is 311 g/mol. The zero-order chi connectivity index (χ0) is 14.5. The van der Waals surface area contributed by atoms with E-state index in [9.17, 15) is 9.90 Å². The predicted octanol–water partition coefficient (Wildman–Crippen LogP) is 2.87. The highest BCUT2D eigenvalue weighted by Crippen LogP contribution is 2.26. The van der Waals surface area contributed by atoms with E-state index in [4.69, 9.17) is 16.3 Å². The number of rotatable bonds is 5. The van der Waals surface area contributed by atoms with Gasteiger partial charge in [0, 0.05) is 17.0 Å². The lowest BCUT2D eigenvalue weighted by Crippen LogP contribution is -2.28. The van der Waals surface area contributed by atoms with Gasteiger partial charge in [-0.25, -0.2) is 0 Å². The molecule has 0 fully saturated rings. The third-order valence-electron chi connectivity index (χ3n) is 2.71. The minimum Gasteiger partial charge on any atom is -0.497 e. The number of carbonyl (C=O) groups excluding carboxylic acids is 1. The summed E-state index contributed by atoms with van der Waals surface area (Å²) < 4.78 is 5.67. The van der Waals surface area contributed by atoms with Gasteiger partial charge in [0.2, 0.25) is 0 Å². The lowest BCUT2D eigenvalue weighted by molar-refractivity contribution is 0.0917. The van der Waals surface area contributed by atoms with Crippen molar-refractivity contribution in [1.29, 1.82) is 0 Å². The van der Waals surface area contributed by atoms with Gasteiger partial charge in [-0.2, -0.15) is 0 Å². The highest BCUT2D eigenvalue weighted by molar-refractivity contribution is 7.16. The first-order chi connectivity index (χ1) is 9.60. The number of nitrogens with one attached hydrogen (secondary N) is 1. The van der Waals surface area contributed by atoms with Crippen molar-refractivity contribution < 1.29 is 14.6 Å². The lowest BCUT2D eigenvalue weighted by atomic mass is 10.2. The van der Waals surface area contributed by atoms with Crippen molar-refractivity contribution >= 4 is 28.8 Å². The van der Waals surface area contributed by atoms with Crippen LogP contribution in [0.15, 0.2) is 36.4 Å². The molecule has 0 aliphatic carbocycles. The SMILES string of the molecule is COc1cccc(C(=O)NCC(O)c2ccc(Cl)s2)c1. The number of carbonyl (C=O) groups is 1. The number of benzene rings is 1. The van der Waals surface area contributed by atoms with E-state index in [0.29, 0.717) is 15.6 Å². The van der Waals surface area contributed by atoms with E-state index in [-0.39, 0.29) is 12.5 Å². The van der Waals surface area contributed by atoms with Gasteiger partial charge in [0.15, 0.2) is 0 Å². The van der Waals surface area contributed by atoms with Crippen molar-refractivity contribution in [1.82, 2.24) is 5.32 Å². The third kappa shape index (κ3) is 3.72. The minimum atomic E-state index is -0.762. The van der Waals surface area contributed by atoms with Crippen LogP contribution in [0.1, 0.15) is 21.3 Å². The Hall–Kier alpha value is -1.56. The molecule has 1 aromatic carbocycles. The standard InChI is InChI=1S/C14H14ClNO3S/c1-19-10-4-2-3-9(7-10)14(18)16-8-11(17)12-5-6-13(15)20-12/h2-7,11,17H,8H2,1H3,(H,16,18). The fourth-order valence-electron chi connectivity index (χ4n) is 1.66. The van der Waals surface area contributed by atoms with Gasteiger partial charge >= 0.3 is 0 Å². The summed E-state index contributed by atoms with van der Waals surface area (Å²) >= 11 is 7.10. The van der Waals surface area contributed by atoms with Crippen molar-refractivity contribution in [2.45, 2.75) is 6.10 Å². The van der Waals surface area contributed by atoms with Crippen LogP contribution < -0.4 is 10.1 Å². The van der Waals surface area contributed by atoms with E-state index in [0.717, 1.165) is 4.88 Å². The topological polar surface area (TPSA) is 58.6 Å². The average molecular weight is 312 g/mol. The van der Waals surface area contributed by atoms with E-state index in [1.807, 2.05) is 0 Å². The number of ether oxygens (including phenoxy) is 1. The molecule has 1 aromatic heterocycles. The quantitative estimate of drug-likeness (QED) is 0.892. The normalized spacial score (nSPS) is 11.9. The minimum absolute atomic E-state index is 0.132. The van der Waals surface area contributed by atoms with E-state index in [2.05, 4.69) is 5.32 Å². The Morgan fingerprint density at radius 1 is 1.45 bits per heavy atom. The number of amides is 1. The highest BCUT2D eigenvalue weighted by Gasteiger charge is 2.13. The fourth-order valence-corrected chi connectivity index (χ4v) is 2.71. The Morgan fingerprint density at radius 3 is 2.90 bits per heavy atom. The second kappa shape index (κ2) is 6.74. The molecule has 1 amide bonds. The largest absolute Gasteiger partial charge is 0.497 e. The zero-order valence-electron chi connectivity index (χ0n) is 10.8. The maximum atomic E-state index is 12.0. The molecule has 0 bridgehead atoms. The van der Waals surface area contributed by atoms with Crippen molar-refractivity contribution in [3.05, 3.63) is 51.2 Å². The molecule has 20 heavy (non-hydrogen) atoms. The molecule has 2 rings (SSSR count). The van der Waals surface area contributed by atoms with Gasteiger partial charge in [-0.1, -0.05) is 17.7 Å². The van der Waals surface area contributed by atoms with Crippen molar-refractivity contribution in [2.75, 3.05) is 13.7 Å². The highest BCUT2D eigenvalue weighted by atomic mass is 35.5. The molecule has 0 aliphatic rings. The molecule has 1 heterocycles. The summed E-state index contributed by atoms with van der Waals surface area (Å²) in [6, 6.07) is 10.3. The van der Waals surface area contributed by atoms with Gasteiger partial charge in [-0.05, 0) is 30.3 Å².